The van der Waals surface area contributed by atoms with Gasteiger partial charge in [0.2, 0.25) is 6.71 Å². The number of hydrogen-bond acceptors (Lipinski definition) is 2. The molecule has 0 saturated carbocycles. The zero-order valence-electron chi connectivity index (χ0n) is 20.5. The first-order chi connectivity index (χ1) is 17.7. The van der Waals surface area contributed by atoms with Crippen LogP contribution in [0.5, 0.6) is 0 Å². The Kier molecular flexibility index (Phi) is 4.78. The van der Waals surface area contributed by atoms with Crippen LogP contribution in [0, 0.1) is 6.92 Å². The second-order valence-corrected chi connectivity index (χ2v) is 9.67. The van der Waals surface area contributed by atoms with Crippen molar-refractivity contribution in [2.24, 2.45) is 0 Å². The van der Waals surface area contributed by atoms with E-state index in [2.05, 4.69) is 116 Å². The van der Waals surface area contributed by atoms with E-state index in [0.717, 1.165) is 34.0 Å². The van der Waals surface area contributed by atoms with Crippen LogP contribution in [0.2, 0.25) is 0 Å². The first kappa shape index (κ1) is 21.1. The van der Waals surface area contributed by atoms with Crippen LogP contribution in [0.3, 0.4) is 0 Å². The molecule has 1 aliphatic rings. The van der Waals surface area contributed by atoms with E-state index in [1.54, 1.807) is 0 Å². The van der Waals surface area contributed by atoms with Gasteiger partial charge in [0.25, 0.3) is 0 Å². The third-order valence-electron chi connectivity index (χ3n) is 7.69. The van der Waals surface area contributed by atoms with Crippen LogP contribution in [-0.2, 0) is 6.42 Å². The summed E-state index contributed by atoms with van der Waals surface area (Å²) in [5.41, 5.74) is 12.4. The molecule has 0 atom stereocenters. The minimum Gasteiger partial charge on any atom is -0.456 e. The summed E-state index contributed by atoms with van der Waals surface area (Å²) in [5, 5.41) is 2.30. The largest absolute Gasteiger partial charge is 0.456 e. The molecular formula is C33H26BNO. The minimum atomic E-state index is 0.197. The van der Waals surface area contributed by atoms with E-state index >= 15 is 0 Å². The van der Waals surface area contributed by atoms with Crippen molar-refractivity contribution in [1.29, 1.82) is 0 Å². The van der Waals surface area contributed by atoms with Crippen LogP contribution in [0.15, 0.2) is 114 Å². The number of anilines is 3. The molecule has 2 nitrogen and oxygen atoms in total. The Balaban J connectivity index is 1.53. The highest BCUT2D eigenvalue weighted by atomic mass is 16.3. The Morgan fingerprint density at radius 2 is 1.39 bits per heavy atom. The summed E-state index contributed by atoms with van der Waals surface area (Å²) in [6.07, 6.45) is 0.993. The average molecular weight is 463 g/mol. The van der Waals surface area contributed by atoms with Gasteiger partial charge in [-0.3, -0.25) is 0 Å². The van der Waals surface area contributed by atoms with Gasteiger partial charge in [-0.25, -0.2) is 0 Å². The molecule has 0 saturated heterocycles. The van der Waals surface area contributed by atoms with Gasteiger partial charge in [0.1, 0.15) is 11.2 Å². The number of benzene rings is 5. The highest BCUT2D eigenvalue weighted by Crippen LogP contribution is 2.39. The first-order valence-electron chi connectivity index (χ1n) is 12.7. The predicted octanol–water partition coefficient (Wildman–Crippen LogP) is 6.76. The summed E-state index contributed by atoms with van der Waals surface area (Å²) in [6.45, 7) is 4.69. The molecule has 1 aliphatic heterocycles. The van der Waals surface area contributed by atoms with Gasteiger partial charge in [0, 0.05) is 27.8 Å². The van der Waals surface area contributed by atoms with Gasteiger partial charge in [-0.15, -0.1) is 0 Å². The maximum atomic E-state index is 6.14. The summed E-state index contributed by atoms with van der Waals surface area (Å²) in [5.74, 6) is 0. The number of hydrogen-bond donors (Lipinski definition) is 0. The van der Waals surface area contributed by atoms with Crippen LogP contribution >= 0.6 is 0 Å². The van der Waals surface area contributed by atoms with Gasteiger partial charge in [-0.1, -0.05) is 96.3 Å². The highest BCUT2D eigenvalue weighted by Gasteiger charge is 2.37. The molecule has 3 heteroatoms. The number of aryl methyl sites for hydroxylation is 2. The normalized spacial score (nSPS) is 12.7. The highest BCUT2D eigenvalue weighted by molar-refractivity contribution is 6.98. The number of para-hydroxylation sites is 2. The molecular weight excluding hydrogens is 437 g/mol. The number of fused-ring (bicyclic) bond motifs is 5. The summed E-state index contributed by atoms with van der Waals surface area (Å²) < 4.78 is 6.14. The second kappa shape index (κ2) is 8.17. The van der Waals surface area contributed by atoms with Gasteiger partial charge in [0.05, 0.1) is 0 Å². The SMILES string of the molecule is CCc1cccc2c1B(c1ccccc1C)c1ccccc1N2c1ccc2oc3ccccc3c2c1. The second-order valence-electron chi connectivity index (χ2n) is 9.67. The van der Waals surface area contributed by atoms with Gasteiger partial charge in [0.15, 0.2) is 0 Å². The van der Waals surface area contributed by atoms with Crippen molar-refractivity contribution < 1.29 is 4.42 Å². The van der Waals surface area contributed by atoms with Crippen molar-refractivity contribution in [2.75, 3.05) is 4.90 Å². The van der Waals surface area contributed by atoms with Crippen LogP contribution in [0.1, 0.15) is 18.1 Å². The average Bonchev–Trinajstić information content (AvgIpc) is 3.30. The van der Waals surface area contributed by atoms with E-state index in [4.69, 9.17) is 4.42 Å². The standard InChI is InChI=1S/C33H26BNO/c1-3-23-12-10-17-30-33(23)34(27-14-6-4-11-22(27)2)28-15-7-8-16-29(28)35(30)24-19-20-32-26(21-24)25-13-5-9-18-31(25)36-32/h4-21H,3H2,1-2H3. The lowest BCUT2D eigenvalue weighted by molar-refractivity contribution is 0.669. The van der Waals surface area contributed by atoms with Gasteiger partial charge in [-0.2, -0.15) is 0 Å². The Morgan fingerprint density at radius 3 is 2.25 bits per heavy atom. The molecule has 5 aromatic carbocycles. The number of nitrogens with zero attached hydrogens (tertiary/aromatic N) is 1. The van der Waals surface area contributed by atoms with Gasteiger partial charge >= 0.3 is 0 Å². The molecule has 0 unspecified atom stereocenters. The Hall–Kier alpha value is -4.24. The Labute approximate surface area is 211 Å². The number of rotatable bonds is 3. The fourth-order valence-electron chi connectivity index (χ4n) is 6.02. The maximum Gasteiger partial charge on any atom is 0.247 e. The lowest BCUT2D eigenvalue weighted by Gasteiger charge is -2.38. The van der Waals surface area contributed by atoms with Crippen molar-refractivity contribution in [2.45, 2.75) is 20.3 Å². The van der Waals surface area contributed by atoms with Gasteiger partial charge in [-0.05, 0) is 60.7 Å². The predicted molar refractivity (Wildman–Crippen MR) is 154 cm³/mol. The molecule has 0 amide bonds. The number of furan rings is 1. The molecule has 0 radical (unpaired) electrons. The van der Waals surface area contributed by atoms with E-state index in [1.165, 1.54) is 38.9 Å². The van der Waals surface area contributed by atoms with Crippen LogP contribution in [0.25, 0.3) is 21.9 Å². The van der Waals surface area contributed by atoms with Crippen molar-refractivity contribution in [3.8, 4) is 0 Å². The summed E-state index contributed by atoms with van der Waals surface area (Å²) in [4.78, 5) is 2.44. The monoisotopic (exact) mass is 463 g/mol. The molecule has 6 aromatic rings. The summed E-state index contributed by atoms with van der Waals surface area (Å²) in [7, 11) is 0. The summed E-state index contributed by atoms with van der Waals surface area (Å²) in [6, 6.07) is 39.4. The molecule has 7 rings (SSSR count). The van der Waals surface area contributed by atoms with E-state index in [1.807, 2.05) is 12.1 Å². The fourth-order valence-corrected chi connectivity index (χ4v) is 6.02. The Bertz CT molecular complexity index is 1770. The molecule has 36 heavy (non-hydrogen) atoms. The molecule has 1 aromatic heterocycles. The van der Waals surface area contributed by atoms with E-state index < -0.39 is 0 Å². The first-order valence-corrected chi connectivity index (χ1v) is 12.7. The van der Waals surface area contributed by atoms with E-state index in [9.17, 15) is 0 Å². The quantitative estimate of drug-likeness (QED) is 0.269. The third kappa shape index (κ3) is 3.06. The lowest BCUT2D eigenvalue weighted by atomic mass is 9.33. The Morgan fingerprint density at radius 1 is 0.667 bits per heavy atom. The van der Waals surface area contributed by atoms with Gasteiger partial charge < -0.3 is 9.32 Å². The van der Waals surface area contributed by atoms with E-state index in [0.29, 0.717) is 0 Å². The summed E-state index contributed by atoms with van der Waals surface area (Å²) >= 11 is 0. The topological polar surface area (TPSA) is 16.4 Å². The van der Waals surface area contributed by atoms with Crippen LogP contribution in [-0.4, -0.2) is 6.71 Å². The maximum absolute atomic E-state index is 6.14. The van der Waals surface area contributed by atoms with Crippen molar-refractivity contribution in [3.05, 3.63) is 120 Å². The third-order valence-corrected chi connectivity index (χ3v) is 7.69. The zero-order chi connectivity index (χ0) is 24.2. The molecule has 0 aliphatic carbocycles. The zero-order valence-corrected chi connectivity index (χ0v) is 20.5. The minimum absolute atomic E-state index is 0.197. The smallest absolute Gasteiger partial charge is 0.247 e. The fraction of sp³-hybridized carbons (Fsp3) is 0.0909. The van der Waals surface area contributed by atoms with Crippen molar-refractivity contribution >= 4 is 62.1 Å². The molecule has 0 N–H and O–H groups in total. The van der Waals surface area contributed by atoms with Crippen LogP contribution < -0.4 is 21.3 Å². The van der Waals surface area contributed by atoms with E-state index in [-0.39, 0.29) is 6.71 Å². The molecule has 0 fully saturated rings. The lowest BCUT2D eigenvalue weighted by Crippen LogP contribution is -2.59. The molecule has 0 spiro atoms. The molecule has 2 heterocycles. The van der Waals surface area contributed by atoms with Crippen LogP contribution in [0.4, 0.5) is 17.1 Å². The van der Waals surface area contributed by atoms with Crippen molar-refractivity contribution in [1.82, 2.24) is 0 Å². The molecule has 0 bridgehead atoms. The molecule has 172 valence electrons. The van der Waals surface area contributed by atoms with Crippen molar-refractivity contribution in [3.63, 3.8) is 0 Å².